The van der Waals surface area contributed by atoms with Gasteiger partial charge in [-0.2, -0.15) is 0 Å². The first-order chi connectivity index (χ1) is 17.3. The summed E-state index contributed by atoms with van der Waals surface area (Å²) in [4.78, 5) is 44.1. The maximum absolute atomic E-state index is 13.1. The second-order valence-electron chi connectivity index (χ2n) is 10.3. The Morgan fingerprint density at radius 3 is 2.39 bits per heavy atom. The highest BCUT2D eigenvalue weighted by atomic mass is 16.5. The fraction of sp³-hybridized carbons (Fsp3) is 0.667. The van der Waals surface area contributed by atoms with Gasteiger partial charge in [0.25, 0.3) is 0 Å². The Bertz CT molecular complexity index is 961. The maximum atomic E-state index is 13.1. The highest BCUT2D eigenvalue weighted by Crippen LogP contribution is 2.32. The molecule has 4 unspecified atom stereocenters. The zero-order chi connectivity index (χ0) is 25.8. The average Bonchev–Trinajstić information content (AvgIpc) is 2.88. The van der Waals surface area contributed by atoms with E-state index in [0.29, 0.717) is 51.7 Å². The number of benzene rings is 1. The number of amides is 4. The molecule has 9 heteroatoms. The number of methoxy groups -OCH3 is 2. The molecule has 1 aliphatic carbocycles. The third-order valence-electron chi connectivity index (χ3n) is 7.98. The zero-order valence-corrected chi connectivity index (χ0v) is 22.0. The fourth-order valence-corrected chi connectivity index (χ4v) is 5.77. The normalized spacial score (nSPS) is 26.6. The molecule has 1 saturated carbocycles. The molecular weight excluding hydrogens is 460 g/mol. The highest BCUT2D eigenvalue weighted by molar-refractivity contribution is 5.98. The molecule has 1 aromatic rings. The molecule has 0 bridgehead atoms. The number of anilines is 1. The molecule has 1 N–H and O–H groups in total. The quantitative estimate of drug-likeness (QED) is 0.552. The van der Waals surface area contributed by atoms with Crippen molar-refractivity contribution < 1.29 is 23.9 Å². The van der Waals surface area contributed by atoms with Crippen molar-refractivity contribution in [3.8, 4) is 0 Å². The number of ether oxygens (including phenoxy) is 2. The average molecular weight is 501 g/mol. The Kier molecular flexibility index (Phi) is 8.51. The van der Waals surface area contributed by atoms with Gasteiger partial charge in [0.15, 0.2) is 0 Å². The first kappa shape index (κ1) is 26.4. The lowest BCUT2D eigenvalue weighted by Gasteiger charge is -2.44. The lowest BCUT2D eigenvalue weighted by Crippen LogP contribution is -2.64. The van der Waals surface area contributed by atoms with Gasteiger partial charge in [-0.1, -0.05) is 12.1 Å². The number of unbranched alkanes of at least 4 members (excludes halogenated alkanes) is 1. The van der Waals surface area contributed by atoms with Crippen LogP contribution in [0.4, 0.5) is 10.5 Å². The smallest absolute Gasteiger partial charge is 0.324 e. The van der Waals surface area contributed by atoms with E-state index in [1.54, 1.807) is 14.2 Å². The van der Waals surface area contributed by atoms with E-state index in [2.05, 4.69) is 42.3 Å². The summed E-state index contributed by atoms with van der Waals surface area (Å²) in [6, 6.07) is 5.92. The second kappa shape index (κ2) is 11.6. The van der Waals surface area contributed by atoms with E-state index in [0.717, 1.165) is 13.1 Å². The SMILES string of the molecule is COC1CC2NC(=O)N(CCCCC(=O)N3CCN(c4cc(C)ccc4C)CC3)C(=O)C2CC1OC. The predicted octanol–water partition coefficient (Wildman–Crippen LogP) is 2.48. The molecule has 0 spiro atoms. The van der Waals surface area contributed by atoms with Crippen molar-refractivity contribution in [1.82, 2.24) is 15.1 Å². The van der Waals surface area contributed by atoms with Crippen LogP contribution in [0.2, 0.25) is 0 Å². The minimum Gasteiger partial charge on any atom is -0.379 e. The number of nitrogens with one attached hydrogen (secondary N) is 1. The predicted molar refractivity (Wildman–Crippen MR) is 137 cm³/mol. The molecule has 1 aromatic carbocycles. The summed E-state index contributed by atoms with van der Waals surface area (Å²) in [5, 5.41) is 2.98. The van der Waals surface area contributed by atoms with Crippen molar-refractivity contribution in [1.29, 1.82) is 0 Å². The Morgan fingerprint density at radius 2 is 1.69 bits per heavy atom. The number of aryl methyl sites for hydroxylation is 2. The molecule has 0 radical (unpaired) electrons. The van der Waals surface area contributed by atoms with E-state index in [9.17, 15) is 14.4 Å². The van der Waals surface area contributed by atoms with Crippen LogP contribution in [-0.2, 0) is 19.1 Å². The van der Waals surface area contributed by atoms with E-state index in [4.69, 9.17) is 9.47 Å². The molecule has 0 aromatic heterocycles. The number of fused-ring (bicyclic) bond motifs is 1. The van der Waals surface area contributed by atoms with Crippen LogP contribution in [0.25, 0.3) is 0 Å². The summed E-state index contributed by atoms with van der Waals surface area (Å²) in [5.74, 6) is -0.297. The molecular formula is C27H40N4O5. The van der Waals surface area contributed by atoms with Gasteiger partial charge in [0.1, 0.15) is 0 Å². The van der Waals surface area contributed by atoms with Gasteiger partial charge in [-0.15, -0.1) is 0 Å². The van der Waals surface area contributed by atoms with E-state index < -0.39 is 0 Å². The van der Waals surface area contributed by atoms with Crippen LogP contribution in [0.1, 0.15) is 43.2 Å². The fourth-order valence-electron chi connectivity index (χ4n) is 5.77. The molecule has 3 aliphatic rings. The Balaban J connectivity index is 1.21. The zero-order valence-electron chi connectivity index (χ0n) is 22.0. The highest BCUT2D eigenvalue weighted by Gasteiger charge is 2.47. The lowest BCUT2D eigenvalue weighted by atomic mass is 9.79. The van der Waals surface area contributed by atoms with Crippen molar-refractivity contribution in [2.24, 2.45) is 5.92 Å². The molecule has 9 nitrogen and oxygen atoms in total. The summed E-state index contributed by atoms with van der Waals surface area (Å²) >= 11 is 0. The van der Waals surface area contributed by atoms with Gasteiger partial charge in [0.2, 0.25) is 11.8 Å². The van der Waals surface area contributed by atoms with Crippen molar-refractivity contribution in [2.75, 3.05) is 51.8 Å². The summed E-state index contributed by atoms with van der Waals surface area (Å²) in [5.41, 5.74) is 3.75. The molecule has 198 valence electrons. The number of hydrogen-bond donors (Lipinski definition) is 1. The van der Waals surface area contributed by atoms with Crippen LogP contribution in [0.15, 0.2) is 18.2 Å². The van der Waals surface area contributed by atoms with E-state index >= 15 is 0 Å². The van der Waals surface area contributed by atoms with Crippen LogP contribution in [0.3, 0.4) is 0 Å². The minimum absolute atomic E-state index is 0.135. The van der Waals surface area contributed by atoms with Crippen LogP contribution in [0, 0.1) is 19.8 Å². The van der Waals surface area contributed by atoms with Crippen molar-refractivity contribution in [3.05, 3.63) is 29.3 Å². The van der Waals surface area contributed by atoms with Crippen molar-refractivity contribution in [3.63, 3.8) is 0 Å². The third kappa shape index (κ3) is 5.67. The minimum atomic E-state index is -0.346. The molecule has 2 saturated heterocycles. The van der Waals surface area contributed by atoms with Gasteiger partial charge in [-0.25, -0.2) is 4.79 Å². The molecule has 36 heavy (non-hydrogen) atoms. The van der Waals surface area contributed by atoms with Crippen LogP contribution < -0.4 is 10.2 Å². The largest absolute Gasteiger partial charge is 0.379 e. The van der Waals surface area contributed by atoms with E-state index in [1.165, 1.54) is 21.7 Å². The van der Waals surface area contributed by atoms with E-state index in [1.807, 2.05) is 4.90 Å². The van der Waals surface area contributed by atoms with E-state index in [-0.39, 0.29) is 42.0 Å². The number of hydrogen-bond acceptors (Lipinski definition) is 6. The monoisotopic (exact) mass is 500 g/mol. The van der Waals surface area contributed by atoms with Gasteiger partial charge >= 0.3 is 6.03 Å². The van der Waals surface area contributed by atoms with Gasteiger partial charge in [-0.05, 0) is 56.7 Å². The Labute approximate surface area is 214 Å². The molecule has 4 amide bonds. The summed E-state index contributed by atoms with van der Waals surface area (Å²) in [6.07, 6.45) is 2.49. The summed E-state index contributed by atoms with van der Waals surface area (Å²) < 4.78 is 11.0. The third-order valence-corrected chi connectivity index (χ3v) is 7.98. The van der Waals surface area contributed by atoms with Gasteiger partial charge in [0, 0.05) is 65.1 Å². The lowest BCUT2D eigenvalue weighted by molar-refractivity contribution is -0.144. The standard InChI is InChI=1S/C27H40N4O5/c1-18-8-9-19(2)22(15-18)29-11-13-30(14-12-29)25(32)7-5-6-10-31-26(33)20-16-23(35-3)24(36-4)17-21(20)28-27(31)34/h8-9,15,20-21,23-24H,5-7,10-14,16-17H2,1-4H3,(H,28,34). The number of urea groups is 1. The molecule has 4 rings (SSSR count). The van der Waals surface area contributed by atoms with Crippen LogP contribution >= 0.6 is 0 Å². The first-order valence-corrected chi connectivity index (χ1v) is 13.1. The molecule has 2 aliphatic heterocycles. The number of carbonyl (C=O) groups is 3. The van der Waals surface area contributed by atoms with Gasteiger partial charge in [0.05, 0.1) is 18.1 Å². The summed E-state index contributed by atoms with van der Waals surface area (Å²) in [6.45, 7) is 7.63. The first-order valence-electron chi connectivity index (χ1n) is 13.1. The second-order valence-corrected chi connectivity index (χ2v) is 10.3. The van der Waals surface area contributed by atoms with Crippen LogP contribution in [-0.4, -0.2) is 92.8 Å². The van der Waals surface area contributed by atoms with Crippen molar-refractivity contribution >= 4 is 23.5 Å². The topological polar surface area (TPSA) is 91.4 Å². The summed E-state index contributed by atoms with van der Waals surface area (Å²) in [7, 11) is 3.25. The number of rotatable bonds is 8. The Hall–Kier alpha value is -2.65. The number of imide groups is 1. The number of carbonyl (C=O) groups excluding carboxylic acids is 3. The number of piperazine rings is 1. The maximum Gasteiger partial charge on any atom is 0.324 e. The Morgan fingerprint density at radius 1 is 1.00 bits per heavy atom. The van der Waals surface area contributed by atoms with Crippen molar-refractivity contribution in [2.45, 2.75) is 64.2 Å². The van der Waals surface area contributed by atoms with Crippen LogP contribution in [0.5, 0.6) is 0 Å². The van der Waals surface area contributed by atoms with Gasteiger partial charge < -0.3 is 24.6 Å². The number of nitrogens with zero attached hydrogens (tertiary/aromatic N) is 3. The molecule has 4 atom stereocenters. The molecule has 3 fully saturated rings. The molecule has 2 heterocycles. The van der Waals surface area contributed by atoms with Gasteiger partial charge in [-0.3, -0.25) is 14.5 Å².